The third kappa shape index (κ3) is 2.55. The molecule has 1 aliphatic carbocycles. The molecule has 4 aromatic rings. The Labute approximate surface area is 180 Å². The molecule has 30 heavy (non-hydrogen) atoms. The van der Waals surface area contributed by atoms with E-state index < -0.39 is 5.41 Å². The van der Waals surface area contributed by atoms with Crippen LogP contribution >= 0.6 is 0 Å². The summed E-state index contributed by atoms with van der Waals surface area (Å²) in [7, 11) is 6.34. The molecular formula is C29H23B. The van der Waals surface area contributed by atoms with Crippen LogP contribution in [-0.2, 0) is 5.41 Å². The maximum atomic E-state index is 6.34. The van der Waals surface area contributed by atoms with Crippen LogP contribution in [0.3, 0.4) is 0 Å². The van der Waals surface area contributed by atoms with Gasteiger partial charge in [0.05, 0.1) is 5.41 Å². The van der Waals surface area contributed by atoms with Gasteiger partial charge in [-0.05, 0) is 58.4 Å². The molecule has 5 rings (SSSR count). The maximum Gasteiger partial charge on any atom is 0.113 e. The lowest BCUT2D eigenvalue weighted by Gasteiger charge is -2.35. The molecule has 0 aromatic heterocycles. The van der Waals surface area contributed by atoms with Gasteiger partial charge in [-0.15, -0.1) is 0 Å². The fourth-order valence-electron chi connectivity index (χ4n) is 5.06. The van der Waals surface area contributed by atoms with Crippen molar-refractivity contribution in [3.05, 3.63) is 130 Å². The number of fused-ring (bicyclic) bond motifs is 3. The second-order valence-corrected chi connectivity index (χ2v) is 8.25. The summed E-state index contributed by atoms with van der Waals surface area (Å²) in [6.45, 7) is 8.30. The van der Waals surface area contributed by atoms with Crippen LogP contribution in [0.25, 0.3) is 17.2 Å². The molecule has 0 fully saturated rings. The van der Waals surface area contributed by atoms with Crippen LogP contribution in [0.15, 0.2) is 91.5 Å². The molecule has 1 unspecified atom stereocenters. The fraction of sp³-hybridized carbons (Fsp3) is 0.103. The first-order valence-corrected chi connectivity index (χ1v) is 10.4. The average molecular weight is 382 g/mol. The second kappa shape index (κ2) is 6.88. The largest absolute Gasteiger partial charge is 0.113 e. The fourth-order valence-corrected chi connectivity index (χ4v) is 5.06. The molecule has 0 spiro atoms. The Hall–Kier alpha value is -3.32. The van der Waals surface area contributed by atoms with E-state index in [0.717, 1.165) is 11.0 Å². The minimum absolute atomic E-state index is 0.406. The Morgan fingerprint density at radius 3 is 2.23 bits per heavy atom. The molecule has 2 radical (unpaired) electrons. The molecule has 4 aromatic carbocycles. The summed E-state index contributed by atoms with van der Waals surface area (Å²) in [6.07, 6.45) is 1.89. The van der Waals surface area contributed by atoms with Crippen molar-refractivity contribution in [2.75, 3.05) is 0 Å². The number of hydrogen-bond donors (Lipinski definition) is 0. The number of rotatable bonds is 3. The van der Waals surface area contributed by atoms with Crippen LogP contribution < -0.4 is 5.46 Å². The van der Waals surface area contributed by atoms with Crippen molar-refractivity contribution >= 4 is 19.4 Å². The minimum atomic E-state index is -0.406. The van der Waals surface area contributed by atoms with E-state index in [9.17, 15) is 0 Å². The Morgan fingerprint density at radius 1 is 0.733 bits per heavy atom. The van der Waals surface area contributed by atoms with E-state index in [2.05, 4.69) is 99.3 Å². The van der Waals surface area contributed by atoms with Gasteiger partial charge in [-0.25, -0.2) is 0 Å². The summed E-state index contributed by atoms with van der Waals surface area (Å²) in [5.41, 5.74) is 11.7. The van der Waals surface area contributed by atoms with E-state index in [-0.39, 0.29) is 0 Å². The standard InChI is InChI=1S/C29H23B/c1-4-21-11-13-22(14-12-21)29(27-17-19(2)9-10-20(27)3)26-8-6-5-7-24(26)25-16-15-23(30)18-28(25)29/h4-18H,1H2,2-3H3. The summed E-state index contributed by atoms with van der Waals surface area (Å²) < 4.78 is 0. The summed E-state index contributed by atoms with van der Waals surface area (Å²) in [5.74, 6) is 0. The molecule has 0 saturated carbocycles. The van der Waals surface area contributed by atoms with E-state index in [1.165, 1.54) is 44.5 Å². The first-order valence-electron chi connectivity index (χ1n) is 10.4. The smallest absolute Gasteiger partial charge is 0.0985 e. The van der Waals surface area contributed by atoms with Crippen LogP contribution in [0.4, 0.5) is 0 Å². The average Bonchev–Trinajstić information content (AvgIpc) is 3.06. The zero-order valence-electron chi connectivity index (χ0n) is 17.4. The molecule has 0 nitrogen and oxygen atoms in total. The lowest BCUT2D eigenvalue weighted by atomic mass is 9.65. The minimum Gasteiger partial charge on any atom is -0.0985 e. The first kappa shape index (κ1) is 18.7. The summed E-state index contributed by atoms with van der Waals surface area (Å²) in [5, 5.41) is 0. The van der Waals surface area contributed by atoms with Gasteiger partial charge < -0.3 is 0 Å². The topological polar surface area (TPSA) is 0 Å². The molecule has 142 valence electrons. The van der Waals surface area contributed by atoms with Gasteiger partial charge in [0.1, 0.15) is 7.85 Å². The van der Waals surface area contributed by atoms with E-state index >= 15 is 0 Å². The lowest BCUT2D eigenvalue weighted by molar-refractivity contribution is 0.760. The van der Waals surface area contributed by atoms with Crippen molar-refractivity contribution < 1.29 is 0 Å². The monoisotopic (exact) mass is 382 g/mol. The Bertz CT molecular complexity index is 1280. The maximum absolute atomic E-state index is 6.34. The highest BCUT2D eigenvalue weighted by Crippen LogP contribution is 2.56. The van der Waals surface area contributed by atoms with Crippen molar-refractivity contribution in [2.24, 2.45) is 0 Å². The van der Waals surface area contributed by atoms with Gasteiger partial charge in [-0.1, -0.05) is 109 Å². The van der Waals surface area contributed by atoms with Crippen molar-refractivity contribution in [2.45, 2.75) is 19.3 Å². The lowest BCUT2D eigenvalue weighted by Crippen LogP contribution is -2.30. The zero-order valence-corrected chi connectivity index (χ0v) is 17.4. The molecular weight excluding hydrogens is 359 g/mol. The molecule has 0 N–H and O–H groups in total. The van der Waals surface area contributed by atoms with Gasteiger partial charge in [0.25, 0.3) is 0 Å². The first-order chi connectivity index (χ1) is 14.6. The molecule has 0 amide bonds. The van der Waals surface area contributed by atoms with Gasteiger partial charge in [0.2, 0.25) is 0 Å². The molecule has 0 bridgehead atoms. The van der Waals surface area contributed by atoms with Crippen molar-refractivity contribution in [1.82, 2.24) is 0 Å². The molecule has 1 heteroatoms. The SMILES string of the molecule is [B]c1ccc2c(c1)C(c1ccc(C=C)cc1)(c1cc(C)ccc1C)c1ccccc1-2. The van der Waals surface area contributed by atoms with Crippen molar-refractivity contribution in [3.63, 3.8) is 0 Å². The highest BCUT2D eigenvalue weighted by molar-refractivity contribution is 6.32. The van der Waals surface area contributed by atoms with Crippen LogP contribution in [0.5, 0.6) is 0 Å². The van der Waals surface area contributed by atoms with Crippen LogP contribution in [0.1, 0.15) is 38.9 Å². The van der Waals surface area contributed by atoms with Crippen LogP contribution in [-0.4, -0.2) is 7.85 Å². The highest BCUT2D eigenvalue weighted by atomic mass is 14.5. The summed E-state index contributed by atoms with van der Waals surface area (Å²) >= 11 is 0. The number of aryl methyl sites for hydroxylation is 2. The van der Waals surface area contributed by atoms with Gasteiger partial charge in [0, 0.05) is 0 Å². The van der Waals surface area contributed by atoms with Gasteiger partial charge >= 0.3 is 0 Å². The van der Waals surface area contributed by atoms with Gasteiger partial charge in [-0.2, -0.15) is 0 Å². The predicted molar refractivity (Wildman–Crippen MR) is 129 cm³/mol. The molecule has 0 saturated heterocycles. The van der Waals surface area contributed by atoms with Gasteiger partial charge in [-0.3, -0.25) is 0 Å². The van der Waals surface area contributed by atoms with Crippen LogP contribution in [0, 0.1) is 13.8 Å². The van der Waals surface area contributed by atoms with E-state index in [0.29, 0.717) is 0 Å². The number of hydrogen-bond acceptors (Lipinski definition) is 0. The zero-order chi connectivity index (χ0) is 20.9. The van der Waals surface area contributed by atoms with E-state index in [1.807, 2.05) is 12.1 Å². The molecule has 0 aliphatic heterocycles. The molecule has 0 heterocycles. The predicted octanol–water partition coefficient (Wildman–Crippen LogP) is 6.10. The highest BCUT2D eigenvalue weighted by Gasteiger charge is 2.46. The third-order valence-electron chi connectivity index (χ3n) is 6.45. The van der Waals surface area contributed by atoms with E-state index in [1.54, 1.807) is 0 Å². The Balaban J connectivity index is 1.98. The molecule has 1 aliphatic rings. The molecule has 1 atom stereocenters. The third-order valence-corrected chi connectivity index (χ3v) is 6.45. The van der Waals surface area contributed by atoms with Crippen molar-refractivity contribution in [3.8, 4) is 11.1 Å². The van der Waals surface area contributed by atoms with E-state index in [4.69, 9.17) is 7.85 Å². The Kier molecular flexibility index (Phi) is 4.29. The van der Waals surface area contributed by atoms with Crippen LogP contribution in [0.2, 0.25) is 0 Å². The quantitative estimate of drug-likeness (QED) is 0.331. The summed E-state index contributed by atoms with van der Waals surface area (Å²) in [6, 6.07) is 30.7. The number of benzene rings is 4. The van der Waals surface area contributed by atoms with Gasteiger partial charge in [0.15, 0.2) is 0 Å². The van der Waals surface area contributed by atoms with Crippen molar-refractivity contribution in [1.29, 1.82) is 0 Å². The normalized spacial score (nSPS) is 16.7. The Morgan fingerprint density at radius 2 is 1.47 bits per heavy atom. The summed E-state index contributed by atoms with van der Waals surface area (Å²) in [4.78, 5) is 0. The second-order valence-electron chi connectivity index (χ2n) is 8.25.